The maximum atomic E-state index is 2.44. The van der Waals surface area contributed by atoms with Crippen molar-refractivity contribution in [2.45, 2.75) is 67.7 Å². The highest BCUT2D eigenvalue weighted by Gasteiger charge is 2.50. The Morgan fingerprint density at radius 3 is 1.69 bits per heavy atom. The fraction of sp³-hybridized carbons (Fsp3) is 1.00. The third-order valence-corrected chi connectivity index (χ3v) is 5.48. The number of hydrogen-bond acceptors (Lipinski definition) is 0. The lowest BCUT2D eigenvalue weighted by atomic mass is 9.59. The second-order valence-electron chi connectivity index (χ2n) is 6.74. The van der Waals surface area contributed by atoms with E-state index >= 15 is 0 Å². The number of hydrogen-bond donors (Lipinski definition) is 0. The van der Waals surface area contributed by atoms with Gasteiger partial charge < -0.3 is 0 Å². The van der Waals surface area contributed by atoms with Crippen LogP contribution < -0.4 is 0 Å². The average Bonchev–Trinajstić information content (AvgIpc) is 2.90. The van der Waals surface area contributed by atoms with E-state index in [1.165, 1.54) is 19.3 Å². The minimum Gasteiger partial charge on any atom is -0.0648 e. The molecule has 0 saturated heterocycles. The van der Waals surface area contributed by atoms with E-state index in [2.05, 4.69) is 48.5 Å². The Morgan fingerprint density at radius 2 is 1.50 bits per heavy atom. The molecule has 0 heteroatoms. The quantitative estimate of drug-likeness (QED) is 0.568. The Bertz CT molecular complexity index is 210. The highest BCUT2D eigenvalue weighted by molar-refractivity contribution is 4.99. The Balaban J connectivity index is 2.96. The van der Waals surface area contributed by atoms with Gasteiger partial charge in [0.25, 0.3) is 0 Å². The zero-order valence-electron chi connectivity index (χ0n) is 12.5. The summed E-state index contributed by atoms with van der Waals surface area (Å²) in [5.41, 5.74) is 0.587. The molecule has 0 aromatic carbocycles. The predicted molar refractivity (Wildman–Crippen MR) is 73.5 cm³/mol. The van der Waals surface area contributed by atoms with E-state index in [1.54, 1.807) is 0 Å². The van der Waals surface area contributed by atoms with Gasteiger partial charge in [0.05, 0.1) is 0 Å². The van der Waals surface area contributed by atoms with Gasteiger partial charge in [0.15, 0.2) is 0 Å². The van der Waals surface area contributed by atoms with Crippen LogP contribution in [0.5, 0.6) is 0 Å². The summed E-state index contributed by atoms with van der Waals surface area (Å²) in [6.45, 7) is 17.0. The summed E-state index contributed by atoms with van der Waals surface area (Å²) in [7, 11) is 0. The number of rotatable bonds is 6. The molecule has 0 amide bonds. The Kier molecular flexibility index (Phi) is 4.49. The molecule has 16 heavy (non-hydrogen) atoms. The van der Waals surface area contributed by atoms with Crippen LogP contribution >= 0.6 is 0 Å². The summed E-state index contributed by atoms with van der Waals surface area (Å²) < 4.78 is 0. The van der Waals surface area contributed by atoms with Gasteiger partial charge in [-0.1, -0.05) is 48.5 Å². The van der Waals surface area contributed by atoms with Crippen LogP contribution in [0.4, 0.5) is 0 Å². The van der Waals surface area contributed by atoms with Crippen molar-refractivity contribution in [1.29, 1.82) is 0 Å². The van der Waals surface area contributed by atoms with Gasteiger partial charge in [0, 0.05) is 0 Å². The van der Waals surface area contributed by atoms with Gasteiger partial charge >= 0.3 is 0 Å². The van der Waals surface area contributed by atoms with Crippen molar-refractivity contribution in [2.24, 2.45) is 35.0 Å². The summed E-state index contributed by atoms with van der Waals surface area (Å²) in [5, 5.41) is 0. The standard InChI is InChI=1S/C16H32/c1-8-16(9-2,12(5)6)15(11(3)4)14-10-13(14)7/h11-15H,8-10H2,1-7H3. The zero-order valence-corrected chi connectivity index (χ0v) is 12.5. The van der Waals surface area contributed by atoms with Crippen molar-refractivity contribution >= 4 is 0 Å². The zero-order chi connectivity index (χ0) is 12.5. The van der Waals surface area contributed by atoms with Crippen molar-refractivity contribution in [1.82, 2.24) is 0 Å². The minimum absolute atomic E-state index is 0.587. The maximum absolute atomic E-state index is 2.44. The molecule has 0 N–H and O–H groups in total. The summed E-state index contributed by atoms with van der Waals surface area (Å²) in [6, 6.07) is 0. The van der Waals surface area contributed by atoms with E-state index in [9.17, 15) is 0 Å². The Labute approximate surface area is 103 Å². The van der Waals surface area contributed by atoms with E-state index in [-0.39, 0.29) is 0 Å². The first-order valence-electron chi connectivity index (χ1n) is 7.40. The van der Waals surface area contributed by atoms with Gasteiger partial charge in [-0.3, -0.25) is 0 Å². The van der Waals surface area contributed by atoms with Crippen molar-refractivity contribution < 1.29 is 0 Å². The fourth-order valence-electron chi connectivity index (χ4n) is 4.36. The highest BCUT2D eigenvalue weighted by Crippen LogP contribution is 2.58. The summed E-state index contributed by atoms with van der Waals surface area (Å²) in [6.07, 6.45) is 4.19. The van der Waals surface area contributed by atoms with Crippen LogP contribution in [0.15, 0.2) is 0 Å². The van der Waals surface area contributed by atoms with E-state index in [4.69, 9.17) is 0 Å². The second kappa shape index (κ2) is 5.10. The van der Waals surface area contributed by atoms with Crippen LogP contribution in [0.2, 0.25) is 0 Å². The molecule has 3 atom stereocenters. The van der Waals surface area contributed by atoms with Crippen LogP contribution in [0.1, 0.15) is 67.7 Å². The van der Waals surface area contributed by atoms with Crippen LogP contribution in [0.25, 0.3) is 0 Å². The molecule has 3 unspecified atom stereocenters. The Morgan fingerprint density at radius 1 is 1.06 bits per heavy atom. The molecule has 0 spiro atoms. The van der Waals surface area contributed by atoms with Gasteiger partial charge in [-0.25, -0.2) is 0 Å². The minimum atomic E-state index is 0.587. The molecule has 96 valence electrons. The van der Waals surface area contributed by atoms with E-state index < -0.39 is 0 Å². The largest absolute Gasteiger partial charge is 0.0648 e. The maximum Gasteiger partial charge on any atom is -0.0246 e. The van der Waals surface area contributed by atoms with Crippen LogP contribution in [-0.2, 0) is 0 Å². The fourth-order valence-corrected chi connectivity index (χ4v) is 4.36. The summed E-state index contributed by atoms with van der Waals surface area (Å²) >= 11 is 0. The molecule has 1 fully saturated rings. The first kappa shape index (κ1) is 14.1. The second-order valence-corrected chi connectivity index (χ2v) is 6.74. The monoisotopic (exact) mass is 224 g/mol. The topological polar surface area (TPSA) is 0 Å². The molecule has 0 bridgehead atoms. The SMILES string of the molecule is CCC(CC)(C(C)C)C(C(C)C)C1CC1C. The first-order valence-corrected chi connectivity index (χ1v) is 7.40. The third-order valence-electron chi connectivity index (χ3n) is 5.48. The van der Waals surface area contributed by atoms with Crippen LogP contribution in [0, 0.1) is 35.0 Å². The molecule has 1 aliphatic carbocycles. The molecule has 0 aliphatic heterocycles. The van der Waals surface area contributed by atoms with Gasteiger partial charge in [0.2, 0.25) is 0 Å². The van der Waals surface area contributed by atoms with Gasteiger partial charge in [-0.15, -0.1) is 0 Å². The van der Waals surface area contributed by atoms with Crippen LogP contribution in [-0.4, -0.2) is 0 Å². The average molecular weight is 224 g/mol. The van der Waals surface area contributed by atoms with Crippen molar-refractivity contribution in [3.8, 4) is 0 Å². The normalized spacial score (nSPS) is 27.6. The predicted octanol–water partition coefficient (Wildman–Crippen LogP) is 5.38. The smallest absolute Gasteiger partial charge is 0.0246 e. The summed E-state index contributed by atoms with van der Waals surface area (Å²) in [4.78, 5) is 0. The molecular weight excluding hydrogens is 192 g/mol. The van der Waals surface area contributed by atoms with Crippen molar-refractivity contribution in [3.63, 3.8) is 0 Å². The molecule has 0 nitrogen and oxygen atoms in total. The van der Waals surface area contributed by atoms with Gasteiger partial charge in [0.1, 0.15) is 0 Å². The first-order chi connectivity index (χ1) is 7.40. The molecule has 1 aliphatic rings. The van der Waals surface area contributed by atoms with Crippen molar-refractivity contribution in [2.75, 3.05) is 0 Å². The van der Waals surface area contributed by atoms with Gasteiger partial charge in [-0.05, 0) is 54.3 Å². The Hall–Kier alpha value is 0. The molecular formula is C16H32. The van der Waals surface area contributed by atoms with E-state index in [0.717, 1.165) is 29.6 Å². The van der Waals surface area contributed by atoms with Gasteiger partial charge in [-0.2, -0.15) is 0 Å². The van der Waals surface area contributed by atoms with E-state index in [0.29, 0.717) is 5.41 Å². The summed E-state index contributed by atoms with van der Waals surface area (Å²) in [5.74, 6) is 4.61. The van der Waals surface area contributed by atoms with Crippen LogP contribution in [0.3, 0.4) is 0 Å². The molecule has 0 aromatic heterocycles. The lowest BCUT2D eigenvalue weighted by Crippen LogP contribution is -2.39. The lowest BCUT2D eigenvalue weighted by molar-refractivity contribution is 0.0268. The molecule has 1 rings (SSSR count). The highest BCUT2D eigenvalue weighted by atomic mass is 14.6. The molecule has 0 radical (unpaired) electrons. The third kappa shape index (κ3) is 2.31. The lowest BCUT2D eigenvalue weighted by Gasteiger charge is -2.46. The van der Waals surface area contributed by atoms with Crippen molar-refractivity contribution in [3.05, 3.63) is 0 Å². The van der Waals surface area contributed by atoms with E-state index in [1.807, 2.05) is 0 Å². The molecule has 0 heterocycles. The molecule has 1 saturated carbocycles. The molecule has 0 aromatic rings.